The lowest BCUT2D eigenvalue weighted by Gasteiger charge is -2.31. The fraction of sp³-hybridized carbons (Fsp3) is 0.923. The molecule has 0 N–H and O–H groups in total. The van der Waals surface area contributed by atoms with Crippen molar-refractivity contribution in [1.82, 2.24) is 4.90 Å². The van der Waals surface area contributed by atoms with E-state index in [1.165, 1.54) is 38.5 Å². The first-order valence-corrected chi connectivity index (χ1v) is 6.53. The first-order chi connectivity index (χ1) is 7.29. The van der Waals surface area contributed by atoms with Crippen LogP contribution in [0.3, 0.4) is 0 Å². The molecule has 0 aromatic rings. The molecule has 0 aliphatic heterocycles. The topological polar surface area (TPSA) is 20.3 Å². The molecular formula is C13H23NO. The molecule has 86 valence electrons. The summed E-state index contributed by atoms with van der Waals surface area (Å²) in [6.45, 7) is 0. The molecule has 2 aliphatic carbocycles. The van der Waals surface area contributed by atoms with Gasteiger partial charge < -0.3 is 0 Å². The van der Waals surface area contributed by atoms with Gasteiger partial charge in [-0.05, 0) is 32.7 Å². The van der Waals surface area contributed by atoms with Gasteiger partial charge in [-0.1, -0.05) is 25.7 Å². The lowest BCUT2D eigenvalue weighted by molar-refractivity contribution is -0.124. The monoisotopic (exact) mass is 209 g/mol. The molecule has 2 fully saturated rings. The third-order valence-corrected chi connectivity index (χ3v) is 4.16. The van der Waals surface area contributed by atoms with E-state index < -0.39 is 0 Å². The van der Waals surface area contributed by atoms with Gasteiger partial charge in [0.2, 0.25) is 0 Å². The average molecular weight is 209 g/mol. The Hall–Kier alpha value is -0.370. The van der Waals surface area contributed by atoms with Crippen LogP contribution in [-0.4, -0.2) is 29.8 Å². The maximum atomic E-state index is 12.0. The van der Waals surface area contributed by atoms with Crippen molar-refractivity contribution in [2.24, 2.45) is 0 Å². The lowest BCUT2D eigenvalue weighted by Crippen LogP contribution is -2.43. The number of rotatable bonds is 2. The predicted molar refractivity (Wildman–Crippen MR) is 61.9 cm³/mol. The molecule has 0 aromatic heterocycles. The van der Waals surface area contributed by atoms with Crippen molar-refractivity contribution in [2.45, 2.75) is 69.9 Å². The highest BCUT2D eigenvalue weighted by atomic mass is 16.1. The molecule has 0 radical (unpaired) electrons. The Bertz CT molecular complexity index is 221. The van der Waals surface area contributed by atoms with Crippen LogP contribution in [0, 0.1) is 0 Å². The van der Waals surface area contributed by atoms with Crippen LogP contribution in [0.15, 0.2) is 0 Å². The molecule has 0 spiro atoms. The maximum Gasteiger partial charge on any atom is 0.149 e. The van der Waals surface area contributed by atoms with Crippen molar-refractivity contribution < 1.29 is 4.79 Å². The van der Waals surface area contributed by atoms with Gasteiger partial charge in [-0.25, -0.2) is 0 Å². The molecule has 0 bridgehead atoms. The highest BCUT2D eigenvalue weighted by Crippen LogP contribution is 2.27. The number of carbonyl (C=O) groups is 1. The fourth-order valence-electron chi connectivity index (χ4n) is 3.14. The Morgan fingerprint density at radius 3 is 2.40 bits per heavy atom. The minimum atomic E-state index is 0.246. The third-order valence-electron chi connectivity index (χ3n) is 4.16. The van der Waals surface area contributed by atoms with Gasteiger partial charge in [0.15, 0.2) is 0 Å². The number of ketones is 1. The van der Waals surface area contributed by atoms with Crippen molar-refractivity contribution in [1.29, 1.82) is 0 Å². The summed E-state index contributed by atoms with van der Waals surface area (Å²) < 4.78 is 0. The number of Topliss-reactive ketones (excluding diaryl/α,β-unsaturated/α-hetero) is 1. The maximum absolute atomic E-state index is 12.0. The first-order valence-electron chi connectivity index (χ1n) is 6.53. The summed E-state index contributed by atoms with van der Waals surface area (Å²) in [5.41, 5.74) is 0. The van der Waals surface area contributed by atoms with E-state index in [2.05, 4.69) is 11.9 Å². The molecule has 1 atom stereocenters. The molecule has 0 aromatic carbocycles. The van der Waals surface area contributed by atoms with Crippen LogP contribution >= 0.6 is 0 Å². The number of hydrogen-bond donors (Lipinski definition) is 0. The van der Waals surface area contributed by atoms with Gasteiger partial charge in [0.25, 0.3) is 0 Å². The van der Waals surface area contributed by atoms with Gasteiger partial charge in [-0.15, -0.1) is 0 Å². The van der Waals surface area contributed by atoms with Crippen molar-refractivity contribution in [3.05, 3.63) is 0 Å². The second-order valence-corrected chi connectivity index (χ2v) is 5.19. The van der Waals surface area contributed by atoms with Crippen LogP contribution in [0.1, 0.15) is 57.8 Å². The van der Waals surface area contributed by atoms with Gasteiger partial charge in [0.1, 0.15) is 5.78 Å². The zero-order valence-electron chi connectivity index (χ0n) is 9.87. The summed E-state index contributed by atoms with van der Waals surface area (Å²) in [7, 11) is 2.17. The third kappa shape index (κ3) is 2.60. The molecule has 15 heavy (non-hydrogen) atoms. The highest BCUT2D eigenvalue weighted by Gasteiger charge is 2.30. The Morgan fingerprint density at radius 1 is 1.00 bits per heavy atom. The lowest BCUT2D eigenvalue weighted by atomic mass is 10.0. The van der Waals surface area contributed by atoms with Crippen molar-refractivity contribution >= 4 is 5.78 Å². The van der Waals surface area contributed by atoms with Crippen LogP contribution in [0.25, 0.3) is 0 Å². The van der Waals surface area contributed by atoms with Crippen LogP contribution in [0.2, 0.25) is 0 Å². The molecule has 1 unspecified atom stereocenters. The molecule has 2 nitrogen and oxygen atoms in total. The van der Waals surface area contributed by atoms with Gasteiger partial charge in [0, 0.05) is 12.5 Å². The largest absolute Gasteiger partial charge is 0.298 e. The van der Waals surface area contributed by atoms with E-state index in [1.54, 1.807) is 0 Å². The zero-order chi connectivity index (χ0) is 10.7. The van der Waals surface area contributed by atoms with E-state index >= 15 is 0 Å². The minimum Gasteiger partial charge on any atom is -0.298 e. The Morgan fingerprint density at radius 2 is 1.67 bits per heavy atom. The van der Waals surface area contributed by atoms with Crippen molar-refractivity contribution in [3.63, 3.8) is 0 Å². The molecule has 0 saturated heterocycles. The predicted octanol–water partition coefficient (Wildman–Crippen LogP) is 2.76. The summed E-state index contributed by atoms with van der Waals surface area (Å²) in [5.74, 6) is 0.502. The fourth-order valence-corrected chi connectivity index (χ4v) is 3.14. The van der Waals surface area contributed by atoms with Crippen LogP contribution in [-0.2, 0) is 4.79 Å². The van der Waals surface area contributed by atoms with Crippen LogP contribution in [0.4, 0.5) is 0 Å². The molecule has 2 rings (SSSR count). The Kier molecular flexibility index (Phi) is 3.79. The van der Waals surface area contributed by atoms with Crippen LogP contribution < -0.4 is 0 Å². The van der Waals surface area contributed by atoms with Crippen LogP contribution in [0.5, 0.6) is 0 Å². The molecule has 2 aliphatic rings. The molecule has 2 saturated carbocycles. The summed E-state index contributed by atoms with van der Waals surface area (Å²) in [4.78, 5) is 14.4. The molecule has 0 amide bonds. The number of nitrogens with zero attached hydrogens (tertiary/aromatic N) is 1. The summed E-state index contributed by atoms with van der Waals surface area (Å²) in [6, 6.07) is 0.938. The van der Waals surface area contributed by atoms with E-state index in [-0.39, 0.29) is 6.04 Å². The van der Waals surface area contributed by atoms with E-state index in [4.69, 9.17) is 0 Å². The molecule has 2 heteroatoms. The highest BCUT2D eigenvalue weighted by molar-refractivity contribution is 5.84. The second-order valence-electron chi connectivity index (χ2n) is 5.19. The van der Waals surface area contributed by atoms with Gasteiger partial charge >= 0.3 is 0 Å². The van der Waals surface area contributed by atoms with Gasteiger partial charge in [0.05, 0.1) is 6.04 Å². The smallest absolute Gasteiger partial charge is 0.149 e. The van der Waals surface area contributed by atoms with Gasteiger partial charge in [-0.3, -0.25) is 9.69 Å². The first kappa shape index (κ1) is 11.1. The SMILES string of the molecule is CN(C1CCCC1)C1CCCCCC1=O. The van der Waals surface area contributed by atoms with E-state index in [1.807, 2.05) is 0 Å². The number of likely N-dealkylation sites (N-methyl/N-ethyl adjacent to an activating group) is 1. The van der Waals surface area contributed by atoms with Crippen molar-refractivity contribution in [2.75, 3.05) is 7.05 Å². The molecule has 0 heterocycles. The summed E-state index contributed by atoms with van der Waals surface area (Å²) in [5, 5.41) is 0. The summed E-state index contributed by atoms with van der Waals surface area (Å²) in [6.07, 6.45) is 10.9. The summed E-state index contributed by atoms with van der Waals surface area (Å²) >= 11 is 0. The average Bonchev–Trinajstić information content (AvgIpc) is 2.68. The van der Waals surface area contributed by atoms with E-state index in [0.29, 0.717) is 11.8 Å². The normalized spacial score (nSPS) is 29.7. The number of hydrogen-bond acceptors (Lipinski definition) is 2. The van der Waals surface area contributed by atoms with Gasteiger partial charge in [-0.2, -0.15) is 0 Å². The van der Waals surface area contributed by atoms with E-state index in [0.717, 1.165) is 19.3 Å². The molecular weight excluding hydrogens is 186 g/mol. The second kappa shape index (κ2) is 5.11. The standard InChI is InChI=1S/C13H23NO/c1-14(11-7-5-6-8-11)12-9-3-2-4-10-13(12)15/h11-12H,2-10H2,1H3. The minimum absolute atomic E-state index is 0.246. The Balaban J connectivity index is 1.96. The van der Waals surface area contributed by atoms with E-state index in [9.17, 15) is 4.79 Å². The zero-order valence-corrected chi connectivity index (χ0v) is 9.87. The Labute approximate surface area is 93.0 Å². The quantitative estimate of drug-likeness (QED) is 0.652. The number of carbonyl (C=O) groups excluding carboxylic acids is 1. The van der Waals surface area contributed by atoms with Crippen molar-refractivity contribution in [3.8, 4) is 0 Å².